The number of amides is 1. The minimum atomic E-state index is -0.242. The van der Waals surface area contributed by atoms with Crippen molar-refractivity contribution >= 4 is 11.6 Å². The molecule has 1 aromatic carbocycles. The summed E-state index contributed by atoms with van der Waals surface area (Å²) in [6.45, 7) is 0. The van der Waals surface area contributed by atoms with Crippen molar-refractivity contribution in [2.75, 3.05) is 5.32 Å². The summed E-state index contributed by atoms with van der Waals surface area (Å²) in [7, 11) is 1.79. The van der Waals surface area contributed by atoms with Crippen LogP contribution in [0, 0.1) is 5.82 Å². The average Bonchev–Trinajstić information content (AvgIpc) is 3.17. The molecule has 2 aromatic rings. The first kappa shape index (κ1) is 15.3. The van der Waals surface area contributed by atoms with Crippen LogP contribution in [0.5, 0.6) is 0 Å². The lowest BCUT2D eigenvalue weighted by Crippen LogP contribution is -2.37. The fraction of sp³-hybridized carbons (Fsp3) is 0.444. The van der Waals surface area contributed by atoms with Crippen molar-refractivity contribution in [2.45, 2.75) is 43.7 Å². The maximum absolute atomic E-state index is 14.2. The third-order valence-corrected chi connectivity index (χ3v) is 4.97. The van der Waals surface area contributed by atoms with E-state index in [0.717, 1.165) is 6.42 Å². The van der Waals surface area contributed by atoms with E-state index in [1.807, 2.05) is 0 Å². The third kappa shape index (κ3) is 3.06. The number of halogens is 1. The Morgan fingerprint density at radius 3 is 2.88 bits per heavy atom. The lowest BCUT2D eigenvalue weighted by Gasteiger charge is -2.26. The summed E-state index contributed by atoms with van der Waals surface area (Å²) in [5.41, 5.74) is 1.75. The van der Waals surface area contributed by atoms with E-state index in [9.17, 15) is 9.18 Å². The van der Waals surface area contributed by atoms with Crippen LogP contribution in [0.25, 0.3) is 0 Å². The van der Waals surface area contributed by atoms with Crippen molar-refractivity contribution in [3.63, 3.8) is 0 Å². The second-order valence-electron chi connectivity index (χ2n) is 6.84. The maximum Gasteiger partial charge on any atom is 0.255 e. The normalized spacial score (nSPS) is 22.9. The number of hydrogen-bond acceptors (Lipinski definition) is 3. The summed E-state index contributed by atoms with van der Waals surface area (Å²) in [5.74, 6) is -0.291. The van der Waals surface area contributed by atoms with Gasteiger partial charge in [0.1, 0.15) is 5.82 Å². The quantitative estimate of drug-likeness (QED) is 0.887. The molecule has 24 heavy (non-hydrogen) atoms. The van der Waals surface area contributed by atoms with E-state index in [1.54, 1.807) is 30.2 Å². The van der Waals surface area contributed by atoms with Gasteiger partial charge in [-0.3, -0.25) is 9.48 Å². The Morgan fingerprint density at radius 2 is 2.21 bits per heavy atom. The molecule has 5 nitrogen and oxygen atoms in total. The highest BCUT2D eigenvalue weighted by Gasteiger charge is 2.41. The maximum atomic E-state index is 14.2. The first-order chi connectivity index (χ1) is 11.6. The molecule has 6 heteroatoms. The summed E-state index contributed by atoms with van der Waals surface area (Å²) in [4.78, 5) is 12.4. The number of benzene rings is 1. The van der Waals surface area contributed by atoms with Gasteiger partial charge in [0.05, 0.1) is 11.9 Å². The van der Waals surface area contributed by atoms with Crippen LogP contribution in [0.15, 0.2) is 30.6 Å². The number of carbonyl (C=O) groups is 1. The van der Waals surface area contributed by atoms with Crippen LogP contribution in [0.4, 0.5) is 10.1 Å². The van der Waals surface area contributed by atoms with Gasteiger partial charge in [-0.05, 0) is 43.0 Å². The zero-order valence-corrected chi connectivity index (χ0v) is 13.6. The van der Waals surface area contributed by atoms with Crippen LogP contribution in [-0.4, -0.2) is 27.8 Å². The van der Waals surface area contributed by atoms with Gasteiger partial charge in [-0.2, -0.15) is 5.10 Å². The smallest absolute Gasteiger partial charge is 0.255 e. The van der Waals surface area contributed by atoms with Crippen LogP contribution < -0.4 is 10.6 Å². The second kappa shape index (κ2) is 6.02. The molecule has 0 radical (unpaired) electrons. The Bertz CT molecular complexity index is 768. The van der Waals surface area contributed by atoms with E-state index in [4.69, 9.17) is 0 Å². The molecule has 0 saturated heterocycles. The van der Waals surface area contributed by atoms with Crippen LogP contribution in [0.2, 0.25) is 0 Å². The van der Waals surface area contributed by atoms with Crippen LogP contribution in [0.3, 0.4) is 0 Å². The Hall–Kier alpha value is -2.21. The molecule has 2 aliphatic rings. The van der Waals surface area contributed by atoms with Gasteiger partial charge in [0, 0.05) is 36.8 Å². The van der Waals surface area contributed by atoms with Crippen molar-refractivity contribution in [3.05, 3.63) is 47.5 Å². The molecule has 0 unspecified atom stereocenters. The molecule has 2 aliphatic carbocycles. The Kier molecular flexibility index (Phi) is 3.84. The van der Waals surface area contributed by atoms with Gasteiger partial charge in [-0.15, -0.1) is 0 Å². The first-order valence-electron chi connectivity index (χ1n) is 8.45. The fourth-order valence-electron chi connectivity index (χ4n) is 3.26. The van der Waals surface area contributed by atoms with E-state index < -0.39 is 0 Å². The molecule has 1 heterocycles. The minimum Gasteiger partial charge on any atom is -0.319 e. The molecule has 0 bridgehead atoms. The lowest BCUT2D eigenvalue weighted by atomic mass is 9.93. The topological polar surface area (TPSA) is 59.0 Å². The molecule has 2 fully saturated rings. The molecule has 4 rings (SSSR count). The van der Waals surface area contributed by atoms with Crippen LogP contribution in [0.1, 0.15) is 47.5 Å². The standard InChI is InChI=1S/C18H21FN4O/c1-23-10-13(9-20-23)22-18(24)11-5-6-16(19)14(7-11)15-8-17(15)21-12-3-2-4-12/h5-7,9-10,12,15,17,21H,2-4,8H2,1H3,(H,22,24)/t15-,17+/m0/s1. The molecule has 0 aliphatic heterocycles. The fourth-order valence-corrected chi connectivity index (χ4v) is 3.26. The van der Waals surface area contributed by atoms with Crippen molar-refractivity contribution < 1.29 is 9.18 Å². The molecule has 126 valence electrons. The number of rotatable bonds is 5. The van der Waals surface area contributed by atoms with Gasteiger partial charge < -0.3 is 10.6 Å². The molecular formula is C18H21FN4O. The Balaban J connectivity index is 1.46. The number of hydrogen-bond donors (Lipinski definition) is 2. The highest BCUT2D eigenvalue weighted by Crippen LogP contribution is 2.43. The average molecular weight is 328 g/mol. The van der Waals surface area contributed by atoms with Crippen molar-refractivity contribution in [1.82, 2.24) is 15.1 Å². The molecule has 0 spiro atoms. The van der Waals surface area contributed by atoms with Gasteiger partial charge >= 0.3 is 0 Å². The first-order valence-corrected chi connectivity index (χ1v) is 8.45. The number of anilines is 1. The molecule has 1 aromatic heterocycles. The Labute approximate surface area is 140 Å². The van der Waals surface area contributed by atoms with Gasteiger partial charge in [0.15, 0.2) is 0 Å². The highest BCUT2D eigenvalue weighted by molar-refractivity contribution is 6.04. The van der Waals surface area contributed by atoms with Gasteiger partial charge in [0.25, 0.3) is 5.91 Å². The number of carbonyl (C=O) groups excluding carboxylic acids is 1. The Morgan fingerprint density at radius 1 is 1.38 bits per heavy atom. The van der Waals surface area contributed by atoms with Crippen LogP contribution >= 0.6 is 0 Å². The molecule has 2 saturated carbocycles. The van der Waals surface area contributed by atoms with Gasteiger partial charge in [-0.25, -0.2) is 4.39 Å². The largest absolute Gasteiger partial charge is 0.319 e. The predicted octanol–water partition coefficient (Wildman–Crippen LogP) is 2.81. The van der Waals surface area contributed by atoms with Gasteiger partial charge in [-0.1, -0.05) is 6.42 Å². The summed E-state index contributed by atoms with van der Waals surface area (Å²) in [5, 5.41) is 10.4. The van der Waals surface area contributed by atoms with E-state index >= 15 is 0 Å². The lowest BCUT2D eigenvalue weighted by molar-refractivity contribution is 0.102. The summed E-state index contributed by atoms with van der Waals surface area (Å²) in [6.07, 6.45) is 7.98. The van der Waals surface area contributed by atoms with E-state index in [1.165, 1.54) is 31.4 Å². The minimum absolute atomic E-state index is 0.178. The zero-order valence-electron chi connectivity index (χ0n) is 13.6. The zero-order chi connectivity index (χ0) is 16.7. The summed E-state index contributed by atoms with van der Waals surface area (Å²) < 4.78 is 15.8. The number of nitrogens with zero attached hydrogens (tertiary/aromatic N) is 2. The molecule has 1 amide bonds. The van der Waals surface area contributed by atoms with Crippen molar-refractivity contribution in [3.8, 4) is 0 Å². The molecule has 2 N–H and O–H groups in total. The highest BCUT2D eigenvalue weighted by atomic mass is 19.1. The molecule has 2 atom stereocenters. The predicted molar refractivity (Wildman–Crippen MR) is 89.5 cm³/mol. The number of nitrogens with one attached hydrogen (secondary N) is 2. The third-order valence-electron chi connectivity index (χ3n) is 4.97. The van der Waals surface area contributed by atoms with Crippen molar-refractivity contribution in [1.29, 1.82) is 0 Å². The summed E-state index contributed by atoms with van der Waals surface area (Å²) in [6, 6.07) is 5.56. The second-order valence-corrected chi connectivity index (χ2v) is 6.84. The monoisotopic (exact) mass is 328 g/mol. The van der Waals surface area contributed by atoms with Crippen molar-refractivity contribution in [2.24, 2.45) is 7.05 Å². The van der Waals surface area contributed by atoms with E-state index in [-0.39, 0.29) is 17.6 Å². The van der Waals surface area contributed by atoms with Crippen LogP contribution in [-0.2, 0) is 7.05 Å². The van der Waals surface area contributed by atoms with E-state index in [0.29, 0.717) is 28.9 Å². The number of aromatic nitrogens is 2. The number of aryl methyl sites for hydroxylation is 1. The molecular weight excluding hydrogens is 307 g/mol. The van der Waals surface area contributed by atoms with Gasteiger partial charge in [0.2, 0.25) is 0 Å². The van der Waals surface area contributed by atoms with E-state index in [2.05, 4.69) is 15.7 Å². The SMILES string of the molecule is Cn1cc(NC(=O)c2ccc(F)c([C@@H]3C[C@H]3NC3CCC3)c2)cn1. The summed E-state index contributed by atoms with van der Waals surface area (Å²) >= 11 is 0.